The average molecular weight is 727 g/mol. The second-order valence-electron chi connectivity index (χ2n) is 12.6. The topological polar surface area (TPSA) is 142 Å². The van der Waals surface area contributed by atoms with Crippen LogP contribution in [0, 0.1) is 23.6 Å². The molecule has 2 N–H and O–H groups in total. The van der Waals surface area contributed by atoms with E-state index in [1.54, 1.807) is 6.08 Å². The molecule has 6 atom stereocenters. The van der Waals surface area contributed by atoms with Crippen LogP contribution in [0.25, 0.3) is 0 Å². The minimum Gasteiger partial charge on any atom is -0.508 e. The number of unbranched alkanes of at least 4 members (excludes halogenated alkanes) is 2. The lowest BCUT2D eigenvalue weighted by atomic mass is 9.56. The van der Waals surface area contributed by atoms with Crippen LogP contribution in [0.2, 0.25) is 0 Å². The number of carbonyl (C=O) groups excluding carboxylic acids is 4. The van der Waals surface area contributed by atoms with Crippen LogP contribution in [0.3, 0.4) is 0 Å². The molecule has 2 aliphatic heterocycles. The molecule has 2 aromatic carbocycles. The van der Waals surface area contributed by atoms with E-state index in [4.69, 9.17) is 28.3 Å². The van der Waals surface area contributed by atoms with E-state index in [9.17, 15) is 46.6 Å². The van der Waals surface area contributed by atoms with Gasteiger partial charge in [-0.15, -0.1) is 36.4 Å². The highest BCUT2D eigenvalue weighted by atomic mass is 35.5. The molecule has 1 saturated carbocycles. The van der Waals surface area contributed by atoms with E-state index >= 15 is 0 Å². The molecule has 2 saturated heterocycles. The highest BCUT2D eigenvalue weighted by Crippen LogP contribution is 2.66. The molecule has 0 radical (unpaired) electrons. The van der Waals surface area contributed by atoms with Crippen molar-refractivity contribution < 1.29 is 56.5 Å². The molecule has 2 aliphatic carbocycles. The fourth-order valence-electron chi connectivity index (χ4n) is 7.71. The first-order chi connectivity index (χ1) is 23.0. The van der Waals surface area contributed by atoms with Crippen LogP contribution < -0.4 is 9.64 Å². The number of phenolic OH excluding ortho intramolecular Hbond substituents is 1. The minimum absolute atomic E-state index is 0.00854. The Morgan fingerprint density at radius 1 is 0.959 bits per heavy atom. The first kappa shape index (κ1) is 34.7. The number of carboxylic acids is 1. The fraction of sp³-hybridized carbons (Fsp3) is 0.424. The summed E-state index contributed by atoms with van der Waals surface area (Å²) < 4.78 is 57.7. The van der Waals surface area contributed by atoms with E-state index in [2.05, 4.69) is 4.74 Å². The van der Waals surface area contributed by atoms with Crippen LogP contribution in [0.15, 0.2) is 54.1 Å². The number of hydrogen-bond acceptors (Lipinski definition) is 7. The van der Waals surface area contributed by atoms with Crippen LogP contribution in [0.1, 0.15) is 50.0 Å². The van der Waals surface area contributed by atoms with Crippen molar-refractivity contribution in [1.82, 2.24) is 4.90 Å². The van der Waals surface area contributed by atoms with Crippen LogP contribution >= 0.6 is 23.2 Å². The van der Waals surface area contributed by atoms with Crippen LogP contribution in [-0.4, -0.2) is 67.4 Å². The largest absolute Gasteiger partial charge is 0.573 e. The maximum absolute atomic E-state index is 14.4. The van der Waals surface area contributed by atoms with Gasteiger partial charge in [0.25, 0.3) is 11.8 Å². The van der Waals surface area contributed by atoms with E-state index in [1.807, 2.05) is 0 Å². The summed E-state index contributed by atoms with van der Waals surface area (Å²) in [5, 5.41) is 20.0. The Morgan fingerprint density at radius 3 is 2.31 bits per heavy atom. The van der Waals surface area contributed by atoms with Gasteiger partial charge in [0.1, 0.15) is 17.3 Å². The standard InChI is InChI=1S/C33H28Cl2F4N2O8/c34-31-15-22-19(10-11-20-25(22)28(46)40(27(20)45)13-3-1-2-4-24(43)44)26(21-14-18(9-12-23(21)42)49-33(37,38)39)32(31,35)30(48)41(29(31)47)17-7-5-16(36)6-8-17/h5-10,12,14,20,22,25-26,42H,1-4,11,13,15H2,(H,43,44). The Labute approximate surface area is 286 Å². The SMILES string of the molecule is O=C(O)CCCCCN1C(=O)C2CC=C3C(CC4(Cl)C(=O)N(c5ccc(F)cc5)C(=O)C4(Cl)C3c3cc(OC(F)(F)F)ccc3O)C2C1=O. The van der Waals surface area contributed by atoms with Gasteiger partial charge in [-0.05, 0) is 74.1 Å². The first-order valence-electron chi connectivity index (χ1n) is 15.4. The predicted molar refractivity (Wildman–Crippen MR) is 164 cm³/mol. The number of hydrogen-bond donors (Lipinski definition) is 2. The average Bonchev–Trinajstić information content (AvgIpc) is 3.35. The number of nitrogens with zero attached hydrogens (tertiary/aromatic N) is 2. The Hall–Kier alpha value is -4.17. The molecule has 2 aromatic rings. The summed E-state index contributed by atoms with van der Waals surface area (Å²) >= 11 is 14.4. The predicted octanol–water partition coefficient (Wildman–Crippen LogP) is 5.64. The van der Waals surface area contributed by atoms with Gasteiger partial charge >= 0.3 is 12.3 Å². The van der Waals surface area contributed by atoms with Gasteiger partial charge in [-0.25, -0.2) is 9.29 Å². The number of alkyl halides is 5. The highest BCUT2D eigenvalue weighted by molar-refractivity contribution is 6.58. The van der Waals surface area contributed by atoms with E-state index in [-0.39, 0.29) is 36.2 Å². The van der Waals surface area contributed by atoms with Gasteiger partial charge in [-0.1, -0.05) is 18.1 Å². The van der Waals surface area contributed by atoms with Gasteiger partial charge in [0.2, 0.25) is 11.8 Å². The molecule has 6 unspecified atom stereocenters. The molecule has 2 heterocycles. The third-order valence-electron chi connectivity index (χ3n) is 9.80. The maximum Gasteiger partial charge on any atom is 0.573 e. The number of fused-ring (bicyclic) bond motifs is 4. The first-order valence-corrected chi connectivity index (χ1v) is 16.1. The molecule has 3 fully saturated rings. The van der Waals surface area contributed by atoms with Crippen LogP contribution in [-0.2, 0) is 24.0 Å². The highest BCUT2D eigenvalue weighted by Gasteiger charge is 2.77. The third kappa shape index (κ3) is 5.62. The van der Waals surface area contributed by atoms with E-state index in [1.165, 1.54) is 0 Å². The zero-order valence-electron chi connectivity index (χ0n) is 25.4. The Morgan fingerprint density at radius 2 is 1.65 bits per heavy atom. The second kappa shape index (κ2) is 12.3. The van der Waals surface area contributed by atoms with Crippen molar-refractivity contribution in [2.24, 2.45) is 17.8 Å². The summed E-state index contributed by atoms with van der Waals surface area (Å²) in [4.78, 5) is 63.8. The summed E-state index contributed by atoms with van der Waals surface area (Å²) in [7, 11) is 0. The van der Waals surface area contributed by atoms with E-state index in [0.717, 1.165) is 47.4 Å². The zero-order chi connectivity index (χ0) is 35.6. The molecule has 260 valence electrons. The van der Waals surface area contributed by atoms with Crippen molar-refractivity contribution in [3.63, 3.8) is 0 Å². The lowest BCUT2D eigenvalue weighted by Gasteiger charge is -2.50. The number of aromatic hydroxyl groups is 1. The number of likely N-dealkylation sites (tertiary alicyclic amines) is 1. The number of anilines is 1. The summed E-state index contributed by atoms with van der Waals surface area (Å²) in [6.45, 7) is 0.00854. The summed E-state index contributed by atoms with van der Waals surface area (Å²) in [6, 6.07) is 6.84. The van der Waals surface area contributed by atoms with Gasteiger partial charge in [-0.3, -0.25) is 28.9 Å². The Kier molecular flexibility index (Phi) is 8.71. The number of allylic oxidation sites excluding steroid dienone is 2. The quantitative estimate of drug-likeness (QED) is 0.111. The molecule has 4 amide bonds. The third-order valence-corrected chi connectivity index (χ3v) is 11.2. The lowest BCUT2D eigenvalue weighted by molar-refractivity contribution is -0.274. The maximum atomic E-state index is 14.4. The molecule has 49 heavy (non-hydrogen) atoms. The summed E-state index contributed by atoms with van der Waals surface area (Å²) in [6.07, 6.45) is -3.03. The van der Waals surface area contributed by atoms with Gasteiger partial charge in [0.15, 0.2) is 9.75 Å². The molecule has 16 heteroatoms. The van der Waals surface area contributed by atoms with E-state index in [0.29, 0.717) is 24.2 Å². The molecule has 0 spiro atoms. The Balaban J connectivity index is 1.45. The molecular formula is C33H28Cl2F4N2O8. The van der Waals surface area contributed by atoms with Crippen molar-refractivity contribution in [1.29, 1.82) is 0 Å². The smallest absolute Gasteiger partial charge is 0.508 e. The number of amides is 4. The number of benzene rings is 2. The number of carbonyl (C=O) groups is 5. The minimum atomic E-state index is -5.14. The molecule has 0 bridgehead atoms. The van der Waals surface area contributed by atoms with Gasteiger partial charge in [-0.2, -0.15) is 0 Å². The number of aliphatic carboxylic acids is 1. The van der Waals surface area contributed by atoms with E-state index < -0.39 is 93.1 Å². The Bertz CT molecular complexity index is 1790. The lowest BCUT2D eigenvalue weighted by Crippen LogP contribution is -2.60. The normalized spacial score (nSPS) is 29.5. The number of ether oxygens (including phenoxy) is 1. The summed E-state index contributed by atoms with van der Waals surface area (Å²) in [5.41, 5.74) is -0.220. The van der Waals surface area contributed by atoms with Crippen molar-refractivity contribution >= 4 is 58.5 Å². The second-order valence-corrected chi connectivity index (χ2v) is 13.8. The van der Waals surface area contributed by atoms with Crippen molar-refractivity contribution in [3.8, 4) is 11.5 Å². The molecule has 6 rings (SSSR count). The number of halogens is 6. The fourth-order valence-corrected chi connectivity index (χ4v) is 8.64. The van der Waals surface area contributed by atoms with Gasteiger partial charge in [0.05, 0.1) is 17.5 Å². The van der Waals surface area contributed by atoms with Gasteiger partial charge in [0, 0.05) is 24.4 Å². The summed E-state index contributed by atoms with van der Waals surface area (Å²) in [5.74, 6) is -10.9. The molecule has 0 aromatic heterocycles. The number of rotatable bonds is 9. The van der Waals surface area contributed by atoms with Crippen molar-refractivity contribution in [2.45, 2.75) is 60.6 Å². The van der Waals surface area contributed by atoms with Crippen molar-refractivity contribution in [2.75, 3.05) is 11.4 Å². The molecule has 4 aliphatic rings. The monoisotopic (exact) mass is 726 g/mol. The molecule has 10 nitrogen and oxygen atoms in total. The number of carboxylic acid groups (broad SMARTS) is 1. The zero-order valence-corrected chi connectivity index (χ0v) is 26.9. The van der Waals surface area contributed by atoms with Crippen molar-refractivity contribution in [3.05, 3.63) is 65.5 Å². The van der Waals surface area contributed by atoms with Crippen LogP contribution in [0.4, 0.5) is 23.2 Å². The number of imide groups is 2. The molecular weight excluding hydrogens is 699 g/mol. The van der Waals surface area contributed by atoms with Gasteiger partial charge < -0.3 is 14.9 Å². The number of phenols is 1. The van der Waals surface area contributed by atoms with Crippen LogP contribution in [0.5, 0.6) is 11.5 Å².